The van der Waals surface area contributed by atoms with Crippen LogP contribution in [0.15, 0.2) is 29.2 Å². The van der Waals surface area contributed by atoms with Gasteiger partial charge in [0.05, 0.1) is 25.8 Å². The molecule has 0 amide bonds. The van der Waals surface area contributed by atoms with Crippen molar-refractivity contribution in [2.75, 3.05) is 80.8 Å². The van der Waals surface area contributed by atoms with Crippen molar-refractivity contribution < 1.29 is 31.9 Å². The van der Waals surface area contributed by atoms with Gasteiger partial charge in [-0.1, -0.05) is 53.4 Å². The number of aryl methyl sites for hydroxylation is 1. The molecule has 0 aliphatic rings. The lowest BCUT2D eigenvalue weighted by molar-refractivity contribution is 0.293. The Labute approximate surface area is 270 Å². The number of hydrogen-bond acceptors (Lipinski definition) is 9. The first-order chi connectivity index (χ1) is 19.7. The van der Waals surface area contributed by atoms with Crippen molar-refractivity contribution in [1.82, 2.24) is 0 Å². The van der Waals surface area contributed by atoms with Gasteiger partial charge in [0, 0.05) is 50.2 Å². The Morgan fingerprint density at radius 2 is 1.14 bits per heavy atom. The molecule has 0 spiro atoms. The van der Waals surface area contributed by atoms with Gasteiger partial charge in [0.15, 0.2) is 0 Å². The summed E-state index contributed by atoms with van der Waals surface area (Å²) < 4.78 is 55.1. The van der Waals surface area contributed by atoms with Crippen LogP contribution in [0.25, 0.3) is 0 Å². The molecule has 3 unspecified atom stereocenters. The number of benzene rings is 1. The van der Waals surface area contributed by atoms with E-state index >= 15 is 0 Å². The predicted octanol–water partition coefficient (Wildman–Crippen LogP) is 5.57. The van der Waals surface area contributed by atoms with Crippen LogP contribution in [0.3, 0.4) is 0 Å². The number of unbranched alkanes of at least 4 members (excludes halogenated alkanes) is 1. The summed E-state index contributed by atoms with van der Waals surface area (Å²) in [4.78, 5) is 0.165. The average molecular weight is 725 g/mol. The van der Waals surface area contributed by atoms with E-state index in [0.717, 1.165) is 55.1 Å². The van der Waals surface area contributed by atoms with E-state index in [-0.39, 0.29) is 43.6 Å². The summed E-state index contributed by atoms with van der Waals surface area (Å²) >= 11 is 10.3. The normalized spacial score (nSPS) is 14.9. The van der Waals surface area contributed by atoms with Crippen molar-refractivity contribution in [1.29, 1.82) is 0 Å². The van der Waals surface area contributed by atoms with Gasteiger partial charge in [-0.05, 0) is 81.6 Å². The zero-order valence-corrected chi connectivity index (χ0v) is 31.8. The molecular formula is C28H54O7P2S5. The third-order valence-electron chi connectivity index (χ3n) is 6.62. The van der Waals surface area contributed by atoms with Gasteiger partial charge in [0.1, 0.15) is 0 Å². The van der Waals surface area contributed by atoms with E-state index in [4.69, 9.17) is 36.8 Å². The van der Waals surface area contributed by atoms with Crippen LogP contribution in [0.5, 0.6) is 0 Å². The molecule has 1 aromatic rings. The molecule has 0 saturated carbocycles. The summed E-state index contributed by atoms with van der Waals surface area (Å²) in [6.45, 7) is 4.27. The van der Waals surface area contributed by atoms with Crippen LogP contribution >= 0.6 is 14.3 Å². The molecule has 0 aliphatic heterocycles. The molecule has 0 fully saturated rings. The SMILES string of the molecule is CCCCP(=O)(CCCOS(=O)(=O)c1ccc(C)cc1)CCCS(C)=S.CS(=S)CCCP(=O)(CCCO)CCCO. The molecule has 0 radical (unpaired) electrons. The quantitative estimate of drug-likeness (QED) is 0.0849. The Bertz CT molecular complexity index is 1100. The van der Waals surface area contributed by atoms with Crippen molar-refractivity contribution in [3.8, 4) is 0 Å². The lowest BCUT2D eigenvalue weighted by atomic mass is 10.2. The minimum Gasteiger partial charge on any atom is -0.396 e. The molecule has 0 saturated heterocycles. The molecule has 7 nitrogen and oxygen atoms in total. The lowest BCUT2D eigenvalue weighted by Gasteiger charge is -2.18. The molecule has 0 aliphatic carbocycles. The Balaban J connectivity index is 0.000000903. The van der Waals surface area contributed by atoms with Crippen molar-refractivity contribution >= 4 is 65.7 Å². The van der Waals surface area contributed by atoms with Crippen LogP contribution in [-0.4, -0.2) is 99.4 Å². The first-order valence-corrected chi connectivity index (χ1v) is 26.0. The van der Waals surface area contributed by atoms with Crippen molar-refractivity contribution in [2.45, 2.75) is 63.7 Å². The molecule has 0 aromatic heterocycles. The highest BCUT2D eigenvalue weighted by Gasteiger charge is 2.22. The second-order valence-electron chi connectivity index (χ2n) is 10.7. The maximum absolute atomic E-state index is 13.1. The van der Waals surface area contributed by atoms with Crippen molar-refractivity contribution in [3.05, 3.63) is 29.8 Å². The highest BCUT2D eigenvalue weighted by Crippen LogP contribution is 2.48. The second kappa shape index (κ2) is 23.9. The van der Waals surface area contributed by atoms with E-state index in [0.29, 0.717) is 43.9 Å². The smallest absolute Gasteiger partial charge is 0.296 e. The van der Waals surface area contributed by atoms with E-state index in [1.54, 1.807) is 24.3 Å². The lowest BCUT2D eigenvalue weighted by Crippen LogP contribution is -2.10. The first-order valence-electron chi connectivity index (χ1n) is 14.6. The summed E-state index contributed by atoms with van der Waals surface area (Å²) in [5, 5.41) is 17.6. The molecule has 1 rings (SSSR count). The van der Waals surface area contributed by atoms with Gasteiger partial charge in [-0.2, -0.15) is 8.42 Å². The van der Waals surface area contributed by atoms with Crippen LogP contribution in [0, 0.1) is 6.92 Å². The summed E-state index contributed by atoms with van der Waals surface area (Å²) in [6.07, 6.45) is 13.5. The fourth-order valence-corrected chi connectivity index (χ4v) is 13.3. The van der Waals surface area contributed by atoms with Gasteiger partial charge < -0.3 is 19.3 Å². The van der Waals surface area contributed by atoms with E-state index in [1.807, 2.05) is 19.4 Å². The summed E-state index contributed by atoms with van der Waals surface area (Å²) in [7, 11) is -8.22. The Morgan fingerprint density at radius 1 is 0.738 bits per heavy atom. The molecule has 3 atom stereocenters. The minimum absolute atomic E-state index is 0.00175. The molecule has 42 heavy (non-hydrogen) atoms. The monoisotopic (exact) mass is 724 g/mol. The van der Waals surface area contributed by atoms with Gasteiger partial charge in [-0.3, -0.25) is 4.18 Å². The maximum atomic E-state index is 13.1. The summed E-state index contributed by atoms with van der Waals surface area (Å²) in [5.74, 6) is 1.89. The molecular weight excluding hydrogens is 671 g/mol. The Hall–Kier alpha value is 0.650. The molecule has 1 aromatic carbocycles. The van der Waals surface area contributed by atoms with E-state index in [2.05, 4.69) is 6.92 Å². The highest BCUT2D eigenvalue weighted by molar-refractivity contribution is 8.28. The van der Waals surface area contributed by atoms with Gasteiger partial charge >= 0.3 is 0 Å². The summed E-state index contributed by atoms with van der Waals surface area (Å²) in [5.41, 5.74) is 0.995. The molecule has 2 N–H and O–H groups in total. The zero-order valence-electron chi connectivity index (χ0n) is 25.9. The highest BCUT2D eigenvalue weighted by atomic mass is 32.8. The predicted molar refractivity (Wildman–Crippen MR) is 192 cm³/mol. The van der Waals surface area contributed by atoms with Crippen molar-refractivity contribution in [2.24, 2.45) is 0 Å². The third-order valence-corrected chi connectivity index (χ3v) is 17.5. The topological polar surface area (TPSA) is 118 Å². The largest absolute Gasteiger partial charge is 0.396 e. The van der Waals surface area contributed by atoms with E-state index in [9.17, 15) is 17.5 Å². The average Bonchev–Trinajstić information content (AvgIpc) is 2.92. The van der Waals surface area contributed by atoms with Gasteiger partial charge in [-0.25, -0.2) is 0 Å². The molecule has 14 heteroatoms. The van der Waals surface area contributed by atoms with Gasteiger partial charge in [0.2, 0.25) is 0 Å². The number of aliphatic hydroxyl groups excluding tert-OH is 2. The van der Waals surface area contributed by atoms with Crippen LogP contribution in [0.1, 0.15) is 57.4 Å². The second-order valence-corrected chi connectivity index (χ2v) is 25.7. The van der Waals surface area contributed by atoms with Gasteiger partial charge in [-0.15, -0.1) is 18.9 Å². The number of aliphatic hydroxyl groups is 2. The van der Waals surface area contributed by atoms with Crippen LogP contribution in [0.4, 0.5) is 0 Å². The fourth-order valence-electron chi connectivity index (χ4n) is 4.24. The minimum atomic E-state index is -3.74. The van der Waals surface area contributed by atoms with E-state index < -0.39 is 24.4 Å². The van der Waals surface area contributed by atoms with E-state index in [1.165, 1.54) is 0 Å². The standard InChI is InChI=1S/C18H31O4PS3.C10H23O3PS2/c1-4-5-13-23(19,15-7-16-25(3)24)14-6-12-22-26(20,21)18-10-8-17(2)9-11-18;1-16(15)10-4-9-14(13,7-2-5-11)8-3-6-12/h8-11H,4-7,12-16H2,1-3H3;11-12H,2-10H2,1H3. The van der Waals surface area contributed by atoms with Crippen LogP contribution < -0.4 is 0 Å². The van der Waals surface area contributed by atoms with Crippen LogP contribution in [-0.2, 0) is 64.7 Å². The third kappa shape index (κ3) is 21.4. The Kier molecular flexibility index (Phi) is 24.3. The first kappa shape index (κ1) is 42.6. The number of hydrogen-bond donors (Lipinski definition) is 2. The molecule has 0 heterocycles. The fraction of sp³-hybridized carbons (Fsp3) is 0.786. The molecule has 248 valence electrons. The molecule has 0 bridgehead atoms. The maximum Gasteiger partial charge on any atom is 0.296 e. The van der Waals surface area contributed by atoms with Crippen LogP contribution in [0.2, 0.25) is 0 Å². The summed E-state index contributed by atoms with van der Waals surface area (Å²) in [6, 6.07) is 6.59. The van der Waals surface area contributed by atoms with Crippen molar-refractivity contribution in [3.63, 3.8) is 0 Å². The van der Waals surface area contributed by atoms with Gasteiger partial charge in [0.25, 0.3) is 10.1 Å². The zero-order chi connectivity index (χ0) is 32.1. The Morgan fingerprint density at radius 3 is 1.55 bits per heavy atom. The number of rotatable bonds is 23.